The maximum Gasteiger partial charge on any atom is 0.338 e. The molecule has 3 aromatic heterocycles. The molecule has 9 nitrogen and oxygen atoms in total. The number of esters is 3. The maximum atomic E-state index is 13.4. The fourth-order valence-electron chi connectivity index (χ4n) is 5.67. The smallest absolute Gasteiger partial charge is 0.338 e. The molecule has 0 saturated heterocycles. The van der Waals surface area contributed by atoms with E-state index in [0.717, 1.165) is 33.8 Å². The van der Waals surface area contributed by atoms with E-state index in [9.17, 15) is 14.4 Å². The monoisotopic (exact) mass is 947 g/mol. The molecule has 0 aliphatic carbocycles. The summed E-state index contributed by atoms with van der Waals surface area (Å²) in [6.07, 6.45) is 5.46. The molecule has 3 aromatic carbocycles. The fourth-order valence-corrected chi connectivity index (χ4v) is 8.84. The summed E-state index contributed by atoms with van der Waals surface area (Å²) in [6.45, 7) is 1.31. The zero-order chi connectivity index (χ0) is 44.4. The third-order valence-corrected chi connectivity index (χ3v) is 14.1. The fraction of sp³-hybridized carbons (Fsp3) is 0.188. The number of thiocarbonyl (C=S) groups is 3. The molecular formula is C48H41N3O6S6. The molecule has 63 heavy (non-hydrogen) atoms. The van der Waals surface area contributed by atoms with Crippen molar-refractivity contribution in [3.63, 3.8) is 0 Å². The molecule has 6 aromatic rings. The van der Waals surface area contributed by atoms with E-state index in [0.29, 0.717) is 53.0 Å². The van der Waals surface area contributed by atoms with Crippen LogP contribution in [0, 0.1) is 5.41 Å². The van der Waals surface area contributed by atoms with Crippen LogP contribution in [0.15, 0.2) is 146 Å². The van der Waals surface area contributed by atoms with Crippen molar-refractivity contribution in [3.8, 4) is 0 Å². The van der Waals surface area contributed by atoms with E-state index in [-0.39, 0.29) is 19.8 Å². The first-order valence-electron chi connectivity index (χ1n) is 19.6. The lowest BCUT2D eigenvalue weighted by Gasteiger charge is -2.31. The van der Waals surface area contributed by atoms with Crippen molar-refractivity contribution in [1.29, 1.82) is 0 Å². The molecule has 0 amide bonds. The van der Waals surface area contributed by atoms with E-state index in [1.165, 1.54) is 35.3 Å². The Balaban J connectivity index is 1.07. The second-order valence-corrected chi connectivity index (χ2v) is 19.0. The van der Waals surface area contributed by atoms with E-state index >= 15 is 0 Å². The Morgan fingerprint density at radius 1 is 0.460 bits per heavy atom. The zero-order valence-corrected chi connectivity index (χ0v) is 38.9. The van der Waals surface area contributed by atoms with Crippen LogP contribution in [-0.2, 0) is 31.5 Å². The van der Waals surface area contributed by atoms with Crippen molar-refractivity contribution < 1.29 is 28.6 Å². The Hall–Kier alpha value is -5.16. The summed E-state index contributed by atoms with van der Waals surface area (Å²) in [7, 11) is 0. The Bertz CT molecular complexity index is 2220. The van der Waals surface area contributed by atoms with Crippen molar-refractivity contribution in [2.24, 2.45) is 5.41 Å². The largest absolute Gasteiger partial charge is 0.461 e. The third kappa shape index (κ3) is 14.4. The maximum absolute atomic E-state index is 13.4. The predicted octanol–water partition coefficient (Wildman–Crippen LogP) is 11.0. The minimum Gasteiger partial charge on any atom is -0.461 e. The van der Waals surface area contributed by atoms with Gasteiger partial charge in [0, 0.05) is 35.8 Å². The SMILES string of the molecule is CCC(COC(=O)c1ccc(CSC(=S)c2ccccn2)cc1)(COC(=O)c1ccc(CSC(=S)c2ccccn2)cc1)COC(=O)c1ccc(CSC(=S)c2ccccn2)cc1. The van der Waals surface area contributed by atoms with Crippen LogP contribution in [0.5, 0.6) is 0 Å². The normalized spacial score (nSPS) is 11.0. The number of nitrogens with zero attached hydrogens (tertiary/aromatic N) is 3. The molecule has 0 aliphatic heterocycles. The van der Waals surface area contributed by atoms with Gasteiger partial charge in [-0.3, -0.25) is 15.0 Å². The molecule has 3 heterocycles. The van der Waals surface area contributed by atoms with Crippen molar-refractivity contribution >= 4 is 102 Å². The molecule has 0 fully saturated rings. The van der Waals surface area contributed by atoms with Crippen molar-refractivity contribution in [2.45, 2.75) is 30.6 Å². The topological polar surface area (TPSA) is 118 Å². The number of thioether (sulfide) groups is 3. The summed E-state index contributed by atoms with van der Waals surface area (Å²) < 4.78 is 19.6. The number of pyridine rings is 3. The lowest BCUT2D eigenvalue weighted by atomic mass is 9.88. The highest BCUT2D eigenvalue weighted by Crippen LogP contribution is 2.27. The van der Waals surface area contributed by atoms with Gasteiger partial charge in [0.2, 0.25) is 0 Å². The number of carbonyl (C=O) groups excluding carboxylic acids is 3. The average molecular weight is 948 g/mol. The molecule has 15 heteroatoms. The Labute approximate surface area is 395 Å². The van der Waals surface area contributed by atoms with Crippen molar-refractivity contribution in [2.75, 3.05) is 19.8 Å². The minimum atomic E-state index is -1.06. The second-order valence-electron chi connectivity index (χ2n) is 14.0. The number of hydrogen-bond acceptors (Lipinski definition) is 15. The first kappa shape index (κ1) is 47.3. The van der Waals surface area contributed by atoms with Crippen LogP contribution < -0.4 is 0 Å². The van der Waals surface area contributed by atoms with Gasteiger partial charge in [-0.2, -0.15) is 0 Å². The van der Waals surface area contributed by atoms with Gasteiger partial charge in [-0.15, -0.1) is 35.3 Å². The lowest BCUT2D eigenvalue weighted by molar-refractivity contribution is -0.0381. The molecule has 0 spiro atoms. The molecule has 0 aliphatic rings. The van der Waals surface area contributed by atoms with Crippen LogP contribution in [0.3, 0.4) is 0 Å². The summed E-state index contributed by atoms with van der Waals surface area (Å²) >= 11 is 21.0. The summed E-state index contributed by atoms with van der Waals surface area (Å²) in [6, 6.07) is 38.0. The highest BCUT2D eigenvalue weighted by molar-refractivity contribution is 8.23. The van der Waals surface area contributed by atoms with Gasteiger partial charge in [0.1, 0.15) is 19.8 Å². The van der Waals surface area contributed by atoms with Gasteiger partial charge in [-0.05, 0) is 95.9 Å². The predicted molar refractivity (Wildman–Crippen MR) is 265 cm³/mol. The van der Waals surface area contributed by atoms with Crippen LogP contribution in [-0.4, -0.2) is 65.3 Å². The Kier molecular flexibility index (Phi) is 18.1. The third-order valence-electron chi connectivity index (χ3n) is 9.58. The van der Waals surface area contributed by atoms with Gasteiger partial charge in [0.25, 0.3) is 0 Å². The molecule has 0 bridgehead atoms. The average Bonchev–Trinajstić information content (AvgIpc) is 3.35. The number of hydrogen-bond donors (Lipinski definition) is 0. The minimum absolute atomic E-state index is 0.183. The summed E-state index contributed by atoms with van der Waals surface area (Å²) in [5.41, 5.74) is 5.09. The first-order valence-corrected chi connectivity index (χ1v) is 23.8. The van der Waals surface area contributed by atoms with Crippen LogP contribution >= 0.6 is 71.9 Å². The van der Waals surface area contributed by atoms with E-state index in [1.807, 2.05) is 97.9 Å². The summed E-state index contributed by atoms with van der Waals surface area (Å²) in [4.78, 5) is 53.1. The molecule has 0 N–H and O–H groups in total. The Morgan fingerprint density at radius 3 is 0.984 bits per heavy atom. The lowest BCUT2D eigenvalue weighted by Crippen LogP contribution is -2.39. The van der Waals surface area contributed by atoms with Crippen molar-refractivity contribution in [1.82, 2.24) is 15.0 Å². The summed E-state index contributed by atoms with van der Waals surface area (Å²) in [5.74, 6) is 0.0967. The quantitative estimate of drug-likeness (QED) is 0.0435. The van der Waals surface area contributed by atoms with E-state index in [1.54, 1.807) is 55.0 Å². The molecule has 0 saturated carbocycles. The zero-order valence-electron chi connectivity index (χ0n) is 34.0. The number of benzene rings is 3. The summed E-state index contributed by atoms with van der Waals surface area (Å²) in [5, 5.41) is 0. The van der Waals surface area contributed by atoms with Gasteiger partial charge in [0.15, 0.2) is 0 Å². The number of rotatable bonds is 19. The molecule has 320 valence electrons. The Morgan fingerprint density at radius 2 is 0.746 bits per heavy atom. The van der Waals surface area contributed by atoms with Gasteiger partial charge in [-0.1, -0.05) is 98.2 Å². The molecular weight excluding hydrogens is 907 g/mol. The van der Waals surface area contributed by atoms with Crippen molar-refractivity contribution in [3.05, 3.63) is 196 Å². The number of aromatic nitrogens is 3. The molecule has 0 unspecified atom stereocenters. The first-order chi connectivity index (χ1) is 30.6. The number of ether oxygens (including phenoxy) is 3. The highest BCUT2D eigenvalue weighted by atomic mass is 32.2. The van der Waals surface area contributed by atoms with Crippen LogP contribution in [0.1, 0.15) is 78.2 Å². The van der Waals surface area contributed by atoms with Gasteiger partial charge in [0.05, 0.1) is 51.8 Å². The van der Waals surface area contributed by atoms with Crippen LogP contribution in [0.4, 0.5) is 0 Å². The molecule has 0 atom stereocenters. The van der Waals surface area contributed by atoms with Gasteiger partial charge >= 0.3 is 17.9 Å². The van der Waals surface area contributed by atoms with E-state index < -0.39 is 23.3 Å². The second kappa shape index (κ2) is 24.1. The van der Waals surface area contributed by atoms with E-state index in [2.05, 4.69) is 15.0 Å². The number of carbonyl (C=O) groups is 3. The molecule has 6 rings (SSSR count). The van der Waals surface area contributed by atoms with Crippen LogP contribution in [0.2, 0.25) is 0 Å². The van der Waals surface area contributed by atoms with Gasteiger partial charge < -0.3 is 14.2 Å². The van der Waals surface area contributed by atoms with E-state index in [4.69, 9.17) is 50.9 Å². The standard InChI is InChI=1S/C48H41N3O6S6/c1-2-48(30-55-42(52)36-18-12-33(13-19-36)27-61-45(58)39-9-3-6-24-49-39,31-56-43(53)37-20-14-34(15-21-37)28-62-46(59)40-10-4-7-25-50-40)32-57-44(54)38-22-16-35(17-23-38)29-63-47(60)41-11-5-8-26-51-41/h3-26H,2,27-32H2,1H3. The van der Waals surface area contributed by atoms with Crippen LogP contribution in [0.25, 0.3) is 0 Å². The molecule has 0 radical (unpaired) electrons. The highest BCUT2D eigenvalue weighted by Gasteiger charge is 2.35. The van der Waals surface area contributed by atoms with Gasteiger partial charge in [-0.25, -0.2) is 14.4 Å².